The van der Waals surface area contributed by atoms with Crippen LogP contribution in [0.4, 0.5) is 0 Å². The van der Waals surface area contributed by atoms with E-state index in [1.807, 2.05) is 18.0 Å². The average Bonchev–Trinajstić information content (AvgIpc) is 2.91. The Morgan fingerprint density at radius 3 is 2.80 bits per heavy atom. The van der Waals surface area contributed by atoms with E-state index in [0.29, 0.717) is 24.4 Å². The van der Waals surface area contributed by atoms with Crippen molar-refractivity contribution < 1.29 is 13.9 Å². The largest absolute Gasteiger partial charge is 0.496 e. The van der Waals surface area contributed by atoms with E-state index < -0.39 is 0 Å². The lowest BCUT2D eigenvalue weighted by molar-refractivity contribution is 0.0943. The van der Waals surface area contributed by atoms with Gasteiger partial charge in [0.1, 0.15) is 5.75 Å². The van der Waals surface area contributed by atoms with Crippen LogP contribution >= 0.6 is 15.9 Å². The first-order valence-corrected chi connectivity index (χ1v) is 6.96. The first-order valence-electron chi connectivity index (χ1n) is 6.16. The molecule has 0 aliphatic carbocycles. The molecule has 4 nitrogen and oxygen atoms in total. The van der Waals surface area contributed by atoms with E-state index in [-0.39, 0.29) is 5.78 Å². The number of ether oxygens (including phenoxy) is 1. The van der Waals surface area contributed by atoms with Crippen molar-refractivity contribution in [2.45, 2.75) is 6.54 Å². The Morgan fingerprint density at radius 1 is 1.40 bits per heavy atom. The quantitative estimate of drug-likeness (QED) is 0.758. The van der Waals surface area contributed by atoms with Gasteiger partial charge >= 0.3 is 0 Å². The van der Waals surface area contributed by atoms with Gasteiger partial charge < -0.3 is 9.15 Å². The lowest BCUT2D eigenvalue weighted by atomic mass is 10.1. The van der Waals surface area contributed by atoms with Crippen LogP contribution in [0.15, 0.2) is 45.7 Å². The molecule has 0 saturated carbocycles. The summed E-state index contributed by atoms with van der Waals surface area (Å²) in [6, 6.07) is 7.24. The molecule has 106 valence electrons. The Labute approximate surface area is 126 Å². The molecule has 0 bridgehead atoms. The summed E-state index contributed by atoms with van der Waals surface area (Å²) in [7, 11) is 3.50. The van der Waals surface area contributed by atoms with E-state index in [4.69, 9.17) is 9.15 Å². The van der Waals surface area contributed by atoms with Gasteiger partial charge in [-0.2, -0.15) is 0 Å². The maximum Gasteiger partial charge on any atom is 0.176 e. The Balaban J connectivity index is 1.99. The zero-order chi connectivity index (χ0) is 14.5. The van der Waals surface area contributed by atoms with E-state index in [0.717, 1.165) is 10.0 Å². The fourth-order valence-corrected chi connectivity index (χ4v) is 2.47. The van der Waals surface area contributed by atoms with Crippen LogP contribution in [-0.4, -0.2) is 31.4 Å². The summed E-state index contributed by atoms with van der Waals surface area (Å²) in [6.45, 7) is 1.03. The molecule has 0 spiro atoms. The summed E-state index contributed by atoms with van der Waals surface area (Å²) in [4.78, 5) is 14.2. The smallest absolute Gasteiger partial charge is 0.176 e. The molecule has 1 aromatic heterocycles. The molecule has 0 fully saturated rings. The lowest BCUT2D eigenvalue weighted by Crippen LogP contribution is -2.25. The number of likely N-dealkylation sites (N-methyl/N-ethyl adjacent to an activating group) is 1. The van der Waals surface area contributed by atoms with Crippen molar-refractivity contribution in [3.05, 3.63) is 52.4 Å². The van der Waals surface area contributed by atoms with Gasteiger partial charge in [0.25, 0.3) is 0 Å². The molecule has 0 amide bonds. The van der Waals surface area contributed by atoms with Crippen molar-refractivity contribution in [3.63, 3.8) is 0 Å². The van der Waals surface area contributed by atoms with E-state index in [1.54, 1.807) is 37.8 Å². The molecular formula is C15H16BrNO3. The van der Waals surface area contributed by atoms with Crippen LogP contribution in [0, 0.1) is 0 Å². The number of furan rings is 1. The van der Waals surface area contributed by atoms with Crippen molar-refractivity contribution in [3.8, 4) is 5.75 Å². The highest BCUT2D eigenvalue weighted by atomic mass is 79.9. The second-order valence-electron chi connectivity index (χ2n) is 4.58. The maximum absolute atomic E-state index is 12.2. The summed E-state index contributed by atoms with van der Waals surface area (Å²) in [5.74, 6) is 0.785. The third-order valence-electron chi connectivity index (χ3n) is 2.92. The van der Waals surface area contributed by atoms with Gasteiger partial charge in [-0.25, -0.2) is 0 Å². The molecule has 1 aromatic carbocycles. The van der Waals surface area contributed by atoms with Gasteiger partial charge in [0.15, 0.2) is 5.78 Å². The molecule has 2 aromatic rings. The zero-order valence-corrected chi connectivity index (χ0v) is 13.0. The normalized spacial score (nSPS) is 10.8. The minimum atomic E-state index is 0.0688. The number of carbonyl (C=O) groups excluding carboxylic acids is 1. The molecule has 2 rings (SSSR count). The van der Waals surface area contributed by atoms with Gasteiger partial charge in [0.05, 0.1) is 30.7 Å². The van der Waals surface area contributed by atoms with Crippen molar-refractivity contribution in [1.29, 1.82) is 0 Å². The van der Waals surface area contributed by atoms with E-state index in [9.17, 15) is 4.79 Å². The SMILES string of the molecule is COc1ccc(C(=O)CN(C)Cc2ccoc2)cc1Br. The third kappa shape index (κ3) is 3.71. The fourth-order valence-electron chi connectivity index (χ4n) is 1.93. The first-order chi connectivity index (χ1) is 9.60. The van der Waals surface area contributed by atoms with Gasteiger partial charge in [-0.15, -0.1) is 0 Å². The number of methoxy groups -OCH3 is 1. The molecule has 0 atom stereocenters. The number of rotatable bonds is 6. The molecule has 0 unspecified atom stereocenters. The molecule has 0 aliphatic rings. The van der Waals surface area contributed by atoms with Crippen molar-refractivity contribution in [1.82, 2.24) is 4.90 Å². The molecule has 1 heterocycles. The Hall–Kier alpha value is -1.59. The molecule has 5 heteroatoms. The van der Waals surface area contributed by atoms with Gasteiger partial charge in [0, 0.05) is 17.7 Å². The maximum atomic E-state index is 12.2. The van der Waals surface area contributed by atoms with E-state index in [2.05, 4.69) is 15.9 Å². The predicted molar refractivity (Wildman–Crippen MR) is 80.1 cm³/mol. The highest BCUT2D eigenvalue weighted by Gasteiger charge is 2.12. The van der Waals surface area contributed by atoms with Crippen LogP contribution in [0.5, 0.6) is 5.75 Å². The van der Waals surface area contributed by atoms with Crippen LogP contribution in [0.1, 0.15) is 15.9 Å². The van der Waals surface area contributed by atoms with Crippen molar-refractivity contribution >= 4 is 21.7 Å². The van der Waals surface area contributed by atoms with Crippen LogP contribution in [0.3, 0.4) is 0 Å². The first kappa shape index (κ1) is 14.8. The number of nitrogens with zero attached hydrogens (tertiary/aromatic N) is 1. The van der Waals surface area contributed by atoms with Gasteiger partial charge in [-0.1, -0.05) is 0 Å². The topological polar surface area (TPSA) is 42.7 Å². The number of Topliss-reactive ketones (excluding diaryl/α,β-unsaturated/α-hetero) is 1. The van der Waals surface area contributed by atoms with Crippen molar-refractivity contribution in [2.24, 2.45) is 0 Å². The summed E-state index contributed by atoms with van der Waals surface area (Å²) in [6.07, 6.45) is 3.32. The number of benzene rings is 1. The molecule has 0 radical (unpaired) electrons. The minimum Gasteiger partial charge on any atom is -0.496 e. The minimum absolute atomic E-state index is 0.0688. The van der Waals surface area contributed by atoms with Crippen LogP contribution in [-0.2, 0) is 6.54 Å². The van der Waals surface area contributed by atoms with Crippen molar-refractivity contribution in [2.75, 3.05) is 20.7 Å². The lowest BCUT2D eigenvalue weighted by Gasteiger charge is -2.15. The number of hydrogen-bond donors (Lipinski definition) is 0. The Kier molecular flexibility index (Phi) is 4.98. The molecule has 20 heavy (non-hydrogen) atoms. The summed E-state index contributed by atoms with van der Waals surface area (Å²) < 4.78 is 10.9. The summed E-state index contributed by atoms with van der Waals surface area (Å²) in [5.41, 5.74) is 1.72. The summed E-state index contributed by atoms with van der Waals surface area (Å²) in [5, 5.41) is 0. The molecular weight excluding hydrogens is 322 g/mol. The number of ketones is 1. The van der Waals surface area contributed by atoms with Gasteiger partial charge in [0.2, 0.25) is 0 Å². The van der Waals surface area contributed by atoms with Crippen LogP contribution in [0.2, 0.25) is 0 Å². The van der Waals surface area contributed by atoms with E-state index in [1.165, 1.54) is 0 Å². The molecule has 0 saturated heterocycles. The van der Waals surface area contributed by atoms with Crippen LogP contribution in [0.25, 0.3) is 0 Å². The van der Waals surface area contributed by atoms with Gasteiger partial charge in [-0.05, 0) is 47.2 Å². The number of halogens is 1. The molecule has 0 N–H and O–H groups in total. The van der Waals surface area contributed by atoms with Crippen LogP contribution < -0.4 is 4.74 Å². The Morgan fingerprint density at radius 2 is 2.20 bits per heavy atom. The second kappa shape index (κ2) is 6.72. The number of carbonyl (C=O) groups is 1. The highest BCUT2D eigenvalue weighted by molar-refractivity contribution is 9.10. The van der Waals surface area contributed by atoms with Gasteiger partial charge in [-0.3, -0.25) is 9.69 Å². The average molecular weight is 338 g/mol. The predicted octanol–water partition coefficient (Wildman–Crippen LogP) is 3.37. The summed E-state index contributed by atoms with van der Waals surface area (Å²) >= 11 is 3.39. The number of hydrogen-bond acceptors (Lipinski definition) is 4. The third-order valence-corrected chi connectivity index (χ3v) is 3.54. The van der Waals surface area contributed by atoms with E-state index >= 15 is 0 Å². The standard InChI is InChI=1S/C15H16BrNO3/c1-17(8-11-5-6-20-10-11)9-14(18)12-3-4-15(19-2)13(16)7-12/h3-7,10H,8-9H2,1-2H3. The molecule has 0 aliphatic heterocycles. The zero-order valence-electron chi connectivity index (χ0n) is 11.4. The monoisotopic (exact) mass is 337 g/mol. The highest BCUT2D eigenvalue weighted by Crippen LogP contribution is 2.25. The Bertz CT molecular complexity index is 581. The fraction of sp³-hybridized carbons (Fsp3) is 0.267. The second-order valence-corrected chi connectivity index (χ2v) is 5.43.